The van der Waals surface area contributed by atoms with Crippen LogP contribution in [0.4, 0.5) is 5.69 Å². The highest BCUT2D eigenvalue weighted by molar-refractivity contribution is 5.59. The van der Waals surface area contributed by atoms with E-state index in [1.165, 1.54) is 18.4 Å². The van der Waals surface area contributed by atoms with Gasteiger partial charge in [-0.15, -0.1) is 0 Å². The van der Waals surface area contributed by atoms with Gasteiger partial charge in [-0.25, -0.2) is 0 Å². The Morgan fingerprint density at radius 3 is 2.79 bits per heavy atom. The molecule has 2 heteroatoms. The standard InChI is InChI=1S/C12H19NO/c1-4-5-9-13-11-8-6-7-10(2)12(11)14-3/h6-8,13H,4-5,9H2,1-3H3. The number of benzene rings is 1. The van der Waals surface area contributed by atoms with Crippen LogP contribution in [0.15, 0.2) is 18.2 Å². The third-order valence-electron chi connectivity index (χ3n) is 2.26. The van der Waals surface area contributed by atoms with Crippen molar-refractivity contribution < 1.29 is 4.74 Å². The first kappa shape index (κ1) is 10.9. The summed E-state index contributed by atoms with van der Waals surface area (Å²) in [4.78, 5) is 0. The Morgan fingerprint density at radius 1 is 1.36 bits per heavy atom. The lowest BCUT2D eigenvalue weighted by Crippen LogP contribution is -2.03. The van der Waals surface area contributed by atoms with Crippen molar-refractivity contribution in [3.63, 3.8) is 0 Å². The molecule has 1 aromatic carbocycles. The molecule has 0 fully saturated rings. The Morgan fingerprint density at radius 2 is 2.14 bits per heavy atom. The lowest BCUT2D eigenvalue weighted by atomic mass is 10.2. The summed E-state index contributed by atoms with van der Waals surface area (Å²) >= 11 is 0. The molecule has 0 aliphatic carbocycles. The zero-order valence-electron chi connectivity index (χ0n) is 9.26. The maximum Gasteiger partial charge on any atom is 0.144 e. The van der Waals surface area contributed by atoms with Gasteiger partial charge in [-0.2, -0.15) is 0 Å². The third kappa shape index (κ3) is 2.66. The lowest BCUT2D eigenvalue weighted by molar-refractivity contribution is 0.413. The molecule has 0 aliphatic heterocycles. The summed E-state index contributed by atoms with van der Waals surface area (Å²) in [5, 5.41) is 3.38. The Bertz CT molecular complexity index is 284. The molecule has 1 rings (SSSR count). The van der Waals surface area contributed by atoms with E-state index >= 15 is 0 Å². The Hall–Kier alpha value is -1.18. The van der Waals surface area contributed by atoms with Crippen LogP contribution in [0.1, 0.15) is 25.3 Å². The van der Waals surface area contributed by atoms with Gasteiger partial charge in [0.25, 0.3) is 0 Å². The SMILES string of the molecule is CCCCNc1cccc(C)c1OC. The molecule has 0 bridgehead atoms. The van der Waals surface area contributed by atoms with Crippen LogP contribution < -0.4 is 10.1 Å². The summed E-state index contributed by atoms with van der Waals surface area (Å²) in [6, 6.07) is 6.16. The molecule has 78 valence electrons. The maximum atomic E-state index is 5.34. The molecule has 1 N–H and O–H groups in total. The number of rotatable bonds is 5. The van der Waals surface area contributed by atoms with Crippen molar-refractivity contribution in [2.45, 2.75) is 26.7 Å². The molecule has 14 heavy (non-hydrogen) atoms. The first-order valence-corrected chi connectivity index (χ1v) is 5.17. The van der Waals surface area contributed by atoms with Crippen molar-refractivity contribution in [3.8, 4) is 5.75 Å². The van der Waals surface area contributed by atoms with Gasteiger partial charge in [-0.3, -0.25) is 0 Å². The molecule has 0 aromatic heterocycles. The van der Waals surface area contributed by atoms with Crippen molar-refractivity contribution in [1.29, 1.82) is 0 Å². The van der Waals surface area contributed by atoms with E-state index in [9.17, 15) is 0 Å². The van der Waals surface area contributed by atoms with Crippen LogP contribution in [0.2, 0.25) is 0 Å². The number of anilines is 1. The average Bonchev–Trinajstić information content (AvgIpc) is 2.18. The summed E-state index contributed by atoms with van der Waals surface area (Å²) in [5.41, 5.74) is 2.27. The number of hydrogen-bond donors (Lipinski definition) is 1. The molecule has 0 aliphatic rings. The molecule has 2 nitrogen and oxygen atoms in total. The fraction of sp³-hybridized carbons (Fsp3) is 0.500. The van der Waals surface area contributed by atoms with Gasteiger partial charge >= 0.3 is 0 Å². The highest BCUT2D eigenvalue weighted by Crippen LogP contribution is 2.27. The molecule has 0 unspecified atom stereocenters. The minimum atomic E-state index is 0.962. The first-order valence-electron chi connectivity index (χ1n) is 5.17. The van der Waals surface area contributed by atoms with Crippen LogP contribution in [0.25, 0.3) is 0 Å². The Kier molecular flexibility index (Phi) is 4.30. The third-order valence-corrected chi connectivity index (χ3v) is 2.26. The number of aryl methyl sites for hydroxylation is 1. The second-order valence-electron chi connectivity index (χ2n) is 3.44. The van der Waals surface area contributed by atoms with E-state index in [0.717, 1.165) is 18.0 Å². The second kappa shape index (κ2) is 5.53. The summed E-state index contributed by atoms with van der Waals surface area (Å²) in [5.74, 6) is 0.962. The van der Waals surface area contributed by atoms with Crippen LogP contribution in [0, 0.1) is 6.92 Å². The number of nitrogens with one attached hydrogen (secondary N) is 1. The summed E-state index contributed by atoms with van der Waals surface area (Å²) in [6.07, 6.45) is 2.40. The smallest absolute Gasteiger partial charge is 0.144 e. The molecular formula is C12H19NO. The van der Waals surface area contributed by atoms with Crippen molar-refractivity contribution in [2.75, 3.05) is 19.0 Å². The van der Waals surface area contributed by atoms with Gasteiger partial charge in [-0.1, -0.05) is 25.5 Å². The van der Waals surface area contributed by atoms with Gasteiger partial charge in [0, 0.05) is 6.54 Å². The van der Waals surface area contributed by atoms with Gasteiger partial charge in [0.15, 0.2) is 0 Å². The van der Waals surface area contributed by atoms with Crippen LogP contribution >= 0.6 is 0 Å². The van der Waals surface area contributed by atoms with E-state index in [0.29, 0.717) is 0 Å². The fourth-order valence-electron chi connectivity index (χ4n) is 1.46. The molecular weight excluding hydrogens is 174 g/mol. The number of unbranched alkanes of at least 4 members (excludes halogenated alkanes) is 1. The fourth-order valence-corrected chi connectivity index (χ4v) is 1.46. The van der Waals surface area contributed by atoms with Gasteiger partial charge in [0.05, 0.1) is 12.8 Å². The van der Waals surface area contributed by atoms with E-state index in [2.05, 4.69) is 31.3 Å². The summed E-state index contributed by atoms with van der Waals surface area (Å²) in [7, 11) is 1.72. The van der Waals surface area contributed by atoms with Crippen molar-refractivity contribution in [1.82, 2.24) is 0 Å². The molecule has 0 atom stereocenters. The van der Waals surface area contributed by atoms with Gasteiger partial charge in [0.2, 0.25) is 0 Å². The van der Waals surface area contributed by atoms with Crippen LogP contribution in [0.5, 0.6) is 5.75 Å². The largest absolute Gasteiger partial charge is 0.494 e. The summed E-state index contributed by atoms with van der Waals surface area (Å²) < 4.78 is 5.34. The highest BCUT2D eigenvalue weighted by Gasteiger charge is 2.03. The predicted octanol–water partition coefficient (Wildman–Crippen LogP) is 3.22. The normalized spacial score (nSPS) is 9.93. The molecule has 0 radical (unpaired) electrons. The molecule has 0 amide bonds. The van der Waals surface area contributed by atoms with Crippen molar-refractivity contribution in [2.24, 2.45) is 0 Å². The number of methoxy groups -OCH3 is 1. The highest BCUT2D eigenvalue weighted by atomic mass is 16.5. The monoisotopic (exact) mass is 193 g/mol. The quantitative estimate of drug-likeness (QED) is 0.725. The zero-order chi connectivity index (χ0) is 10.4. The predicted molar refractivity (Wildman–Crippen MR) is 61.1 cm³/mol. The van der Waals surface area contributed by atoms with Crippen molar-refractivity contribution >= 4 is 5.69 Å². The van der Waals surface area contributed by atoms with Crippen molar-refractivity contribution in [3.05, 3.63) is 23.8 Å². The molecule has 0 heterocycles. The van der Waals surface area contributed by atoms with Crippen LogP contribution in [0.3, 0.4) is 0 Å². The van der Waals surface area contributed by atoms with E-state index in [-0.39, 0.29) is 0 Å². The molecule has 0 saturated heterocycles. The zero-order valence-corrected chi connectivity index (χ0v) is 9.26. The Balaban J connectivity index is 2.70. The van der Waals surface area contributed by atoms with E-state index in [1.54, 1.807) is 7.11 Å². The van der Waals surface area contributed by atoms with Gasteiger partial charge in [-0.05, 0) is 25.0 Å². The van der Waals surface area contributed by atoms with E-state index < -0.39 is 0 Å². The second-order valence-corrected chi connectivity index (χ2v) is 3.44. The lowest BCUT2D eigenvalue weighted by Gasteiger charge is -2.12. The molecule has 0 spiro atoms. The topological polar surface area (TPSA) is 21.3 Å². The Labute approximate surface area is 86.3 Å². The average molecular weight is 193 g/mol. The number of ether oxygens (including phenoxy) is 1. The number of hydrogen-bond acceptors (Lipinski definition) is 2. The number of para-hydroxylation sites is 1. The maximum absolute atomic E-state index is 5.34. The minimum absolute atomic E-state index is 0.962. The van der Waals surface area contributed by atoms with E-state index in [4.69, 9.17) is 4.74 Å². The molecule has 0 saturated carbocycles. The molecule has 1 aromatic rings. The van der Waals surface area contributed by atoms with Gasteiger partial charge in [0.1, 0.15) is 5.75 Å². The first-order chi connectivity index (χ1) is 6.79. The van der Waals surface area contributed by atoms with E-state index in [1.807, 2.05) is 6.07 Å². The summed E-state index contributed by atoms with van der Waals surface area (Å²) in [6.45, 7) is 5.26. The minimum Gasteiger partial charge on any atom is -0.494 e. The van der Waals surface area contributed by atoms with Crippen LogP contribution in [-0.2, 0) is 0 Å². The van der Waals surface area contributed by atoms with Crippen LogP contribution in [-0.4, -0.2) is 13.7 Å². The van der Waals surface area contributed by atoms with Gasteiger partial charge < -0.3 is 10.1 Å².